The minimum absolute atomic E-state index is 0.186. The van der Waals surface area contributed by atoms with Gasteiger partial charge in [-0.15, -0.1) is 0 Å². The van der Waals surface area contributed by atoms with Crippen LogP contribution in [0.2, 0.25) is 30.2 Å². The maximum Gasteiger partial charge on any atom is 0.333 e. The van der Waals surface area contributed by atoms with Gasteiger partial charge in [-0.25, -0.2) is 9.59 Å². The summed E-state index contributed by atoms with van der Waals surface area (Å²) >= 11 is 0. The molecule has 0 aromatic carbocycles. The molecule has 0 bridgehead atoms. The molecule has 0 spiro atoms. The zero-order valence-corrected chi connectivity index (χ0v) is 23.8. The summed E-state index contributed by atoms with van der Waals surface area (Å²) in [7, 11) is -2.46. The number of carboxylic acids is 1. The van der Waals surface area contributed by atoms with Crippen molar-refractivity contribution in [2.24, 2.45) is 0 Å². The highest BCUT2D eigenvalue weighted by Gasteiger charge is 2.37. The first-order valence-corrected chi connectivity index (χ1v) is 16.8. The molecule has 0 amide bonds. The zero-order valence-electron chi connectivity index (χ0n) is 21.7. The Morgan fingerprint density at radius 1 is 1.03 bits per heavy atom. The van der Waals surface area contributed by atoms with E-state index in [4.69, 9.17) is 9.84 Å². The number of carboxylic acid groups (broad SMARTS) is 1. The fourth-order valence-corrected chi connectivity index (χ4v) is 9.85. The van der Waals surface area contributed by atoms with Gasteiger partial charge in [-0.3, -0.25) is 0 Å². The molecule has 0 saturated carbocycles. The number of carbonyl (C=O) groups is 2. The van der Waals surface area contributed by atoms with Crippen LogP contribution in [0.3, 0.4) is 0 Å². The summed E-state index contributed by atoms with van der Waals surface area (Å²) in [6, 6.07) is 1.21. The fraction of sp³-hybridized carbons (Fsp3) is 0.750. The Hall–Kier alpha value is -1.15. The van der Waals surface area contributed by atoms with Crippen molar-refractivity contribution in [1.29, 1.82) is 0 Å². The minimum Gasteiger partial charge on any atom is -0.478 e. The standard InChI is InChI=1S/C14H28O2Si.C10H20O2Si/c1-7-8-9-17(11(2)3,12(4)5)10-13(6)14(15)16;1-8(7-13(5)6)9(11)12-10(2,3)4/h10-12H,7-9H2,1-6H3,(H,15,16);7,13H,1-6H3. The van der Waals surface area contributed by atoms with Gasteiger partial charge < -0.3 is 9.84 Å². The predicted molar refractivity (Wildman–Crippen MR) is 136 cm³/mol. The molecular weight excluding hydrogens is 408 g/mol. The molecule has 1 N–H and O–H groups in total. The maximum absolute atomic E-state index is 11.4. The SMILES string of the molecule is CC(=C[SiH](C)C)C(=O)OC(C)(C)C.CCCC[Si](C=C(C)C(=O)O)(C(C)C)C(C)C. The molecule has 0 aromatic heterocycles. The Morgan fingerprint density at radius 3 is 1.80 bits per heavy atom. The lowest BCUT2D eigenvalue weighted by molar-refractivity contribution is -0.149. The Kier molecular flexibility index (Phi) is 14.5. The van der Waals surface area contributed by atoms with Crippen LogP contribution in [0, 0.1) is 0 Å². The monoisotopic (exact) mass is 456 g/mol. The number of rotatable bonds is 9. The Balaban J connectivity index is 0. The van der Waals surface area contributed by atoms with Gasteiger partial charge in [0, 0.05) is 11.1 Å². The third kappa shape index (κ3) is 12.5. The second-order valence-corrected chi connectivity index (χ2v) is 18.4. The maximum atomic E-state index is 11.4. The molecule has 0 unspecified atom stereocenters. The third-order valence-electron chi connectivity index (χ3n) is 5.24. The van der Waals surface area contributed by atoms with Gasteiger partial charge >= 0.3 is 11.9 Å². The van der Waals surface area contributed by atoms with E-state index < -0.39 is 22.8 Å². The highest BCUT2D eigenvalue weighted by Crippen LogP contribution is 2.39. The average molecular weight is 457 g/mol. The molecule has 0 atom stereocenters. The molecule has 0 fully saturated rings. The van der Waals surface area contributed by atoms with Crippen molar-refractivity contribution in [2.45, 2.75) is 118 Å². The number of ether oxygens (including phenoxy) is 1. The highest BCUT2D eigenvalue weighted by molar-refractivity contribution is 6.87. The first-order chi connectivity index (χ1) is 13.5. The molecular formula is C24H48O4Si2. The van der Waals surface area contributed by atoms with Crippen LogP contribution in [-0.2, 0) is 14.3 Å². The van der Waals surface area contributed by atoms with E-state index in [0.717, 1.165) is 5.57 Å². The molecule has 0 aliphatic carbocycles. The van der Waals surface area contributed by atoms with Gasteiger partial charge in [0.25, 0.3) is 0 Å². The van der Waals surface area contributed by atoms with Crippen molar-refractivity contribution in [3.05, 3.63) is 22.5 Å². The molecule has 0 rings (SSSR count). The first kappa shape index (κ1) is 31.0. The van der Waals surface area contributed by atoms with E-state index in [0.29, 0.717) is 16.7 Å². The number of carbonyl (C=O) groups excluding carboxylic acids is 1. The summed E-state index contributed by atoms with van der Waals surface area (Å²) in [6.45, 7) is 24.8. The molecule has 6 heteroatoms. The molecule has 0 saturated heterocycles. The van der Waals surface area contributed by atoms with Crippen LogP contribution in [0.1, 0.15) is 82.1 Å². The van der Waals surface area contributed by atoms with Crippen LogP contribution in [0.5, 0.6) is 0 Å². The largest absolute Gasteiger partial charge is 0.478 e. The number of aliphatic carboxylic acids is 1. The molecule has 0 radical (unpaired) electrons. The summed E-state index contributed by atoms with van der Waals surface area (Å²) in [5.74, 6) is -0.951. The lowest BCUT2D eigenvalue weighted by atomic mass is 10.2. The number of unbranched alkanes of at least 4 members (excludes halogenated alkanes) is 1. The van der Waals surface area contributed by atoms with Crippen molar-refractivity contribution >= 4 is 28.8 Å². The van der Waals surface area contributed by atoms with E-state index in [2.05, 4.69) is 53.4 Å². The van der Waals surface area contributed by atoms with E-state index in [1.165, 1.54) is 18.9 Å². The number of hydrogen-bond acceptors (Lipinski definition) is 3. The highest BCUT2D eigenvalue weighted by atomic mass is 28.3. The molecule has 0 heterocycles. The van der Waals surface area contributed by atoms with Crippen LogP contribution in [-0.4, -0.2) is 39.5 Å². The molecule has 0 aromatic rings. The summed E-state index contributed by atoms with van der Waals surface area (Å²) in [6.07, 6.45) is 2.40. The van der Waals surface area contributed by atoms with E-state index in [-0.39, 0.29) is 11.6 Å². The Bertz CT molecular complexity index is 589. The summed E-state index contributed by atoms with van der Waals surface area (Å²) in [5, 5.41) is 9.09. The topological polar surface area (TPSA) is 63.6 Å². The van der Waals surface area contributed by atoms with Crippen molar-refractivity contribution in [1.82, 2.24) is 0 Å². The van der Waals surface area contributed by atoms with Crippen molar-refractivity contribution < 1.29 is 19.4 Å². The van der Waals surface area contributed by atoms with Gasteiger partial charge in [0.2, 0.25) is 0 Å². The van der Waals surface area contributed by atoms with Crippen LogP contribution in [0.15, 0.2) is 22.5 Å². The van der Waals surface area contributed by atoms with Gasteiger partial charge in [0.05, 0.1) is 16.9 Å². The van der Waals surface area contributed by atoms with Gasteiger partial charge in [0.1, 0.15) is 5.60 Å². The molecule has 30 heavy (non-hydrogen) atoms. The van der Waals surface area contributed by atoms with Crippen LogP contribution >= 0.6 is 0 Å². The molecule has 0 aliphatic rings. The second-order valence-electron chi connectivity index (χ2n) is 10.3. The summed E-state index contributed by atoms with van der Waals surface area (Å²) in [4.78, 5) is 22.5. The normalized spacial score (nSPS) is 13.4. The van der Waals surface area contributed by atoms with Crippen molar-refractivity contribution in [3.63, 3.8) is 0 Å². The Labute approximate surface area is 188 Å². The molecule has 0 aliphatic heterocycles. The third-order valence-corrected chi connectivity index (χ3v) is 12.9. The fourth-order valence-electron chi connectivity index (χ4n) is 3.52. The zero-order chi connectivity index (χ0) is 24.3. The van der Waals surface area contributed by atoms with Gasteiger partial charge in [-0.1, -0.05) is 78.0 Å². The quantitative estimate of drug-likeness (QED) is 0.232. The number of hydrogen-bond donors (Lipinski definition) is 1. The van der Waals surface area contributed by atoms with E-state index in [1.54, 1.807) is 6.92 Å². The second kappa shape index (κ2) is 14.0. The van der Waals surface area contributed by atoms with Crippen molar-refractivity contribution in [3.8, 4) is 0 Å². The van der Waals surface area contributed by atoms with E-state index in [1.807, 2.05) is 33.4 Å². The smallest absolute Gasteiger partial charge is 0.333 e. The van der Waals surface area contributed by atoms with Gasteiger partial charge in [0.15, 0.2) is 0 Å². The first-order valence-electron chi connectivity index (χ1n) is 11.3. The lowest BCUT2D eigenvalue weighted by Gasteiger charge is -2.37. The van der Waals surface area contributed by atoms with Crippen LogP contribution < -0.4 is 0 Å². The molecule has 4 nitrogen and oxygen atoms in total. The summed E-state index contributed by atoms with van der Waals surface area (Å²) < 4.78 is 5.22. The van der Waals surface area contributed by atoms with Crippen molar-refractivity contribution in [2.75, 3.05) is 0 Å². The number of esters is 1. The van der Waals surface area contributed by atoms with Gasteiger partial charge in [-0.05, 0) is 45.7 Å². The summed E-state index contributed by atoms with van der Waals surface area (Å²) in [5.41, 5.74) is 6.29. The van der Waals surface area contributed by atoms with E-state index >= 15 is 0 Å². The minimum atomic E-state index is -1.64. The van der Waals surface area contributed by atoms with Crippen LogP contribution in [0.4, 0.5) is 0 Å². The molecule has 176 valence electrons. The van der Waals surface area contributed by atoms with Gasteiger partial charge in [-0.2, -0.15) is 0 Å². The Morgan fingerprint density at radius 2 is 1.50 bits per heavy atom. The van der Waals surface area contributed by atoms with E-state index in [9.17, 15) is 9.59 Å². The average Bonchev–Trinajstić information content (AvgIpc) is 2.56. The van der Waals surface area contributed by atoms with Crippen LogP contribution in [0.25, 0.3) is 0 Å². The lowest BCUT2D eigenvalue weighted by Crippen LogP contribution is -2.40. The predicted octanol–water partition coefficient (Wildman–Crippen LogP) is 6.93.